The highest BCUT2D eigenvalue weighted by Gasteiger charge is 2.44. The van der Waals surface area contributed by atoms with Gasteiger partial charge in [-0.1, -0.05) is 27.7 Å². The molecule has 1 aliphatic carbocycles. The van der Waals surface area contributed by atoms with Crippen LogP contribution in [0.5, 0.6) is 0 Å². The molecule has 1 heterocycles. The molecule has 76 valence electrons. The van der Waals surface area contributed by atoms with Gasteiger partial charge in [-0.2, -0.15) is 0 Å². The highest BCUT2D eigenvalue weighted by Crippen LogP contribution is 2.47. The molecule has 0 radical (unpaired) electrons. The summed E-state index contributed by atoms with van der Waals surface area (Å²) in [7, 11) is 0. The van der Waals surface area contributed by atoms with Crippen molar-refractivity contribution < 1.29 is 0 Å². The zero-order chi connectivity index (χ0) is 10.6. The number of fused-ring (bicyclic) bond motifs is 1. The SMILES string of the molecule is Cc1cnc2c(n1)C(C)(C)CC2(C)C. The van der Waals surface area contributed by atoms with Gasteiger partial charge in [0.2, 0.25) is 0 Å². The van der Waals surface area contributed by atoms with Gasteiger partial charge in [0.1, 0.15) is 0 Å². The van der Waals surface area contributed by atoms with Gasteiger partial charge in [0.15, 0.2) is 0 Å². The van der Waals surface area contributed by atoms with E-state index in [0.29, 0.717) is 0 Å². The molecule has 14 heavy (non-hydrogen) atoms. The molecular weight excluding hydrogens is 172 g/mol. The fraction of sp³-hybridized carbons (Fsp3) is 0.667. The molecular formula is C12H18N2. The third-order valence-corrected chi connectivity index (χ3v) is 3.06. The Hall–Kier alpha value is -0.920. The van der Waals surface area contributed by atoms with Crippen LogP contribution in [0, 0.1) is 6.92 Å². The van der Waals surface area contributed by atoms with E-state index in [9.17, 15) is 0 Å². The maximum atomic E-state index is 4.64. The van der Waals surface area contributed by atoms with E-state index >= 15 is 0 Å². The Bertz CT molecular complexity index is 378. The summed E-state index contributed by atoms with van der Waals surface area (Å²) in [6, 6.07) is 0. The van der Waals surface area contributed by atoms with E-state index in [0.717, 1.165) is 12.1 Å². The molecule has 0 spiro atoms. The summed E-state index contributed by atoms with van der Waals surface area (Å²) in [5.74, 6) is 0. The molecule has 0 unspecified atom stereocenters. The van der Waals surface area contributed by atoms with Gasteiger partial charge in [-0.15, -0.1) is 0 Å². The van der Waals surface area contributed by atoms with E-state index in [1.54, 1.807) is 0 Å². The van der Waals surface area contributed by atoms with E-state index in [1.807, 2.05) is 13.1 Å². The Labute approximate surface area is 85.8 Å². The maximum absolute atomic E-state index is 4.64. The van der Waals surface area contributed by atoms with Gasteiger partial charge in [0.05, 0.1) is 17.1 Å². The minimum atomic E-state index is 0.178. The van der Waals surface area contributed by atoms with Crippen LogP contribution in [-0.2, 0) is 10.8 Å². The Balaban J connectivity index is 2.66. The smallest absolute Gasteiger partial charge is 0.0683 e. The van der Waals surface area contributed by atoms with Crippen molar-refractivity contribution in [2.24, 2.45) is 0 Å². The molecule has 0 amide bonds. The van der Waals surface area contributed by atoms with E-state index in [1.165, 1.54) is 11.4 Å². The van der Waals surface area contributed by atoms with Crippen molar-refractivity contribution in [2.45, 2.75) is 51.9 Å². The van der Waals surface area contributed by atoms with Gasteiger partial charge in [0, 0.05) is 17.0 Å². The minimum Gasteiger partial charge on any atom is -0.257 e. The molecule has 0 saturated carbocycles. The Morgan fingerprint density at radius 2 is 1.64 bits per heavy atom. The highest BCUT2D eigenvalue weighted by atomic mass is 14.9. The van der Waals surface area contributed by atoms with Crippen molar-refractivity contribution in [1.82, 2.24) is 9.97 Å². The van der Waals surface area contributed by atoms with Crippen LogP contribution in [0.3, 0.4) is 0 Å². The maximum Gasteiger partial charge on any atom is 0.0683 e. The van der Waals surface area contributed by atoms with Crippen molar-refractivity contribution in [2.75, 3.05) is 0 Å². The molecule has 0 bridgehead atoms. The van der Waals surface area contributed by atoms with Crippen molar-refractivity contribution in [3.05, 3.63) is 23.3 Å². The molecule has 2 heteroatoms. The molecule has 0 saturated heterocycles. The summed E-state index contributed by atoms with van der Waals surface area (Å²) < 4.78 is 0. The molecule has 0 N–H and O–H groups in total. The molecule has 0 atom stereocenters. The van der Waals surface area contributed by atoms with Gasteiger partial charge in [-0.3, -0.25) is 9.97 Å². The summed E-state index contributed by atoms with van der Waals surface area (Å²) in [5.41, 5.74) is 3.77. The predicted molar refractivity (Wildman–Crippen MR) is 57.4 cm³/mol. The molecule has 1 aromatic rings. The summed E-state index contributed by atoms with van der Waals surface area (Å²) >= 11 is 0. The molecule has 1 aliphatic rings. The monoisotopic (exact) mass is 190 g/mol. The van der Waals surface area contributed by atoms with Gasteiger partial charge >= 0.3 is 0 Å². The van der Waals surface area contributed by atoms with E-state index in [4.69, 9.17) is 0 Å². The minimum absolute atomic E-state index is 0.178. The first-order chi connectivity index (χ1) is 6.33. The second-order valence-corrected chi connectivity index (χ2v) is 5.65. The number of nitrogens with zero attached hydrogens (tertiary/aromatic N) is 2. The molecule has 2 nitrogen and oxygen atoms in total. The molecule has 0 aliphatic heterocycles. The van der Waals surface area contributed by atoms with Crippen LogP contribution in [0.25, 0.3) is 0 Å². The fourth-order valence-electron chi connectivity index (χ4n) is 2.72. The normalized spacial score (nSPS) is 22.1. The standard InChI is InChI=1S/C12H18N2/c1-8-6-13-9-10(14-8)12(4,5)7-11(9,2)3/h6H,7H2,1-5H3. The van der Waals surface area contributed by atoms with Crippen LogP contribution in [-0.4, -0.2) is 9.97 Å². The molecule has 0 aromatic carbocycles. The number of aromatic nitrogens is 2. The Morgan fingerprint density at radius 1 is 1.07 bits per heavy atom. The molecule has 0 fully saturated rings. The topological polar surface area (TPSA) is 25.8 Å². The third kappa shape index (κ3) is 1.24. The van der Waals surface area contributed by atoms with E-state index in [-0.39, 0.29) is 10.8 Å². The second-order valence-electron chi connectivity index (χ2n) is 5.65. The second kappa shape index (κ2) is 2.56. The summed E-state index contributed by atoms with van der Waals surface area (Å²) in [6.45, 7) is 11.0. The molecule has 1 aromatic heterocycles. The predicted octanol–water partition coefficient (Wildman–Crippen LogP) is 2.74. The third-order valence-electron chi connectivity index (χ3n) is 3.06. The highest BCUT2D eigenvalue weighted by molar-refractivity contribution is 5.35. The van der Waals surface area contributed by atoms with Crippen LogP contribution < -0.4 is 0 Å². The van der Waals surface area contributed by atoms with Crippen molar-refractivity contribution >= 4 is 0 Å². The lowest BCUT2D eigenvalue weighted by Crippen LogP contribution is -2.18. The first-order valence-corrected chi connectivity index (χ1v) is 5.17. The first-order valence-electron chi connectivity index (χ1n) is 5.17. The fourth-order valence-corrected chi connectivity index (χ4v) is 2.72. The Morgan fingerprint density at radius 3 is 2.29 bits per heavy atom. The van der Waals surface area contributed by atoms with Crippen LogP contribution in [0.4, 0.5) is 0 Å². The number of aryl methyl sites for hydroxylation is 1. The van der Waals surface area contributed by atoms with Gasteiger partial charge < -0.3 is 0 Å². The number of hydrogen-bond acceptors (Lipinski definition) is 2. The van der Waals surface area contributed by atoms with Gasteiger partial charge in [0.25, 0.3) is 0 Å². The lowest BCUT2D eigenvalue weighted by Gasteiger charge is -2.21. The largest absolute Gasteiger partial charge is 0.257 e. The summed E-state index contributed by atoms with van der Waals surface area (Å²) in [6.07, 6.45) is 3.01. The average molecular weight is 190 g/mol. The van der Waals surface area contributed by atoms with Crippen LogP contribution >= 0.6 is 0 Å². The Kier molecular flexibility index (Phi) is 1.76. The molecule has 2 rings (SSSR count). The summed E-state index contributed by atoms with van der Waals surface area (Å²) in [5, 5.41) is 0. The van der Waals surface area contributed by atoms with Gasteiger partial charge in [-0.25, -0.2) is 0 Å². The van der Waals surface area contributed by atoms with Crippen LogP contribution in [0.2, 0.25) is 0 Å². The van der Waals surface area contributed by atoms with Gasteiger partial charge in [-0.05, 0) is 13.3 Å². The lowest BCUT2D eigenvalue weighted by atomic mass is 9.83. The first kappa shape index (κ1) is 9.63. The number of hydrogen-bond donors (Lipinski definition) is 0. The van der Waals surface area contributed by atoms with E-state index in [2.05, 4.69) is 37.7 Å². The summed E-state index contributed by atoms with van der Waals surface area (Å²) in [4.78, 5) is 9.18. The zero-order valence-corrected chi connectivity index (χ0v) is 9.68. The zero-order valence-electron chi connectivity index (χ0n) is 9.68. The van der Waals surface area contributed by atoms with Crippen molar-refractivity contribution in [3.63, 3.8) is 0 Å². The quantitative estimate of drug-likeness (QED) is 0.628. The van der Waals surface area contributed by atoms with Crippen molar-refractivity contribution in [3.8, 4) is 0 Å². The van der Waals surface area contributed by atoms with Crippen LogP contribution in [0.1, 0.15) is 51.2 Å². The number of rotatable bonds is 0. The van der Waals surface area contributed by atoms with Crippen molar-refractivity contribution in [1.29, 1.82) is 0 Å². The van der Waals surface area contributed by atoms with E-state index < -0.39 is 0 Å². The lowest BCUT2D eigenvalue weighted by molar-refractivity contribution is 0.396. The average Bonchev–Trinajstić information content (AvgIpc) is 2.17. The van der Waals surface area contributed by atoms with Crippen LogP contribution in [0.15, 0.2) is 6.20 Å².